The van der Waals surface area contributed by atoms with Gasteiger partial charge in [-0.1, -0.05) is 84.9 Å². The number of aromatic hydroxyl groups is 1. The van der Waals surface area contributed by atoms with Crippen molar-refractivity contribution in [2.45, 2.75) is 44.5 Å². The predicted molar refractivity (Wildman–Crippen MR) is 248 cm³/mol. The van der Waals surface area contributed by atoms with Gasteiger partial charge in [0.15, 0.2) is 0 Å². The second-order valence-electron chi connectivity index (χ2n) is 15.4. The zero-order valence-corrected chi connectivity index (χ0v) is 36.3. The van der Waals surface area contributed by atoms with E-state index in [4.69, 9.17) is 4.74 Å². The quantitative estimate of drug-likeness (QED) is 0.0234. The monoisotopic (exact) mass is 868 g/mol. The molecule has 1 aliphatic rings. The van der Waals surface area contributed by atoms with Crippen molar-refractivity contribution in [3.05, 3.63) is 170 Å². The highest BCUT2D eigenvalue weighted by Crippen LogP contribution is 2.35. The Labute approximate surface area is 370 Å². The number of rotatable bonds is 19. The highest BCUT2D eigenvalue weighted by atomic mass is 32.1. The van der Waals surface area contributed by atoms with Crippen LogP contribution in [-0.4, -0.2) is 66.6 Å². The van der Waals surface area contributed by atoms with Gasteiger partial charge in [0.05, 0.1) is 29.8 Å². The number of nitrogens with zero attached hydrogens (tertiary/aromatic N) is 1. The second-order valence-corrected chi connectivity index (χ2v) is 17.7. The Morgan fingerprint density at radius 1 is 0.855 bits per heavy atom. The molecule has 12 heteroatoms. The maximum Gasteiger partial charge on any atom is 0.317 e. The van der Waals surface area contributed by atoms with Gasteiger partial charge in [-0.3, -0.25) is 19.3 Å². The third kappa shape index (κ3) is 11.5. The van der Waals surface area contributed by atoms with E-state index in [1.54, 1.807) is 36.6 Å². The van der Waals surface area contributed by atoms with E-state index >= 15 is 0 Å². The summed E-state index contributed by atoms with van der Waals surface area (Å²) in [6.45, 7) is 4.36. The van der Waals surface area contributed by atoms with Crippen LogP contribution in [-0.2, 0) is 34.0 Å². The fourth-order valence-corrected chi connectivity index (χ4v) is 9.67. The van der Waals surface area contributed by atoms with Crippen LogP contribution in [0.1, 0.15) is 72.1 Å². The number of benzene rings is 4. The van der Waals surface area contributed by atoms with Crippen molar-refractivity contribution in [3.63, 3.8) is 0 Å². The summed E-state index contributed by atoms with van der Waals surface area (Å²) in [4.78, 5) is 44.1. The lowest BCUT2D eigenvalue weighted by molar-refractivity contribution is -0.146. The van der Waals surface area contributed by atoms with Gasteiger partial charge in [-0.25, -0.2) is 0 Å². The van der Waals surface area contributed by atoms with E-state index in [0.29, 0.717) is 53.6 Å². The predicted octanol–water partition coefficient (Wildman–Crippen LogP) is 8.78. The molecule has 320 valence electrons. The average molecular weight is 869 g/mol. The molecular weight excluding hydrogens is 817 g/mol. The molecule has 0 saturated carbocycles. The molecule has 1 fully saturated rings. The van der Waals surface area contributed by atoms with Crippen LogP contribution in [0.5, 0.6) is 5.75 Å². The Bertz CT molecular complexity index is 2440. The van der Waals surface area contributed by atoms with Gasteiger partial charge in [-0.05, 0) is 108 Å². The van der Waals surface area contributed by atoms with Gasteiger partial charge >= 0.3 is 5.97 Å². The van der Waals surface area contributed by atoms with Crippen LogP contribution in [0.2, 0.25) is 0 Å². The van der Waals surface area contributed by atoms with Crippen LogP contribution in [0.15, 0.2) is 127 Å². The van der Waals surface area contributed by atoms with Crippen molar-refractivity contribution in [2.24, 2.45) is 5.92 Å². The number of amides is 1. The number of aliphatic hydroxyl groups is 1. The summed E-state index contributed by atoms with van der Waals surface area (Å²) in [5.74, 6) is -0.617. The molecule has 7 rings (SSSR count). The van der Waals surface area contributed by atoms with E-state index < -0.39 is 12.0 Å². The minimum absolute atomic E-state index is 0.0147. The molecule has 0 aliphatic carbocycles. The van der Waals surface area contributed by atoms with Gasteiger partial charge in [0.25, 0.3) is 5.91 Å². The van der Waals surface area contributed by atoms with Crippen LogP contribution in [0.25, 0.3) is 16.5 Å². The standard InChI is InChI=1S/C50H52N4O6S2/c1-51-48-42(16-9-27-55)41(19-20-43(48)56)44(57)31-52-29-39-18-22-46(62-39)49(58)53-30-40-17-21-45(61-40)37-14-8-15-38(28-37)47(36-12-6-3-7-13-36)50(59)60-33-35-23-25-54(26-24-35)32-34-10-4-2-5-11-34/h2-22,27-28,35,44,47,51-52,56-57H,23-26,29-33H2,1H3,(H,53,58)/b16-9-/t44-,47?/m0/s1. The van der Waals surface area contributed by atoms with Gasteiger partial charge in [0.2, 0.25) is 0 Å². The van der Waals surface area contributed by atoms with Gasteiger partial charge in [0.1, 0.15) is 18.0 Å². The smallest absolute Gasteiger partial charge is 0.317 e. The van der Waals surface area contributed by atoms with E-state index in [1.807, 2.05) is 72.8 Å². The van der Waals surface area contributed by atoms with Gasteiger partial charge in [0, 0.05) is 46.9 Å². The number of likely N-dealkylation sites (tertiary alicyclic amines) is 1. The van der Waals surface area contributed by atoms with Crippen LogP contribution in [0.3, 0.4) is 0 Å². The summed E-state index contributed by atoms with van der Waals surface area (Å²) in [6, 6.07) is 39.4. The molecule has 1 aliphatic heterocycles. The minimum Gasteiger partial charge on any atom is -0.506 e. The zero-order chi connectivity index (χ0) is 43.3. The molecule has 1 unspecified atom stereocenters. The topological polar surface area (TPSA) is 140 Å². The third-order valence-corrected chi connectivity index (χ3v) is 13.3. The van der Waals surface area contributed by atoms with Crippen molar-refractivity contribution in [1.82, 2.24) is 15.5 Å². The van der Waals surface area contributed by atoms with Gasteiger partial charge < -0.3 is 30.9 Å². The number of aliphatic hydroxyl groups excluding tert-OH is 1. The van der Waals surface area contributed by atoms with Crippen LogP contribution in [0, 0.1) is 5.92 Å². The molecule has 5 N–H and O–H groups in total. The Morgan fingerprint density at radius 2 is 1.58 bits per heavy atom. The molecule has 62 heavy (non-hydrogen) atoms. The summed E-state index contributed by atoms with van der Waals surface area (Å²) in [5.41, 5.74) is 5.58. The number of carbonyl (C=O) groups is 3. The Kier molecular flexibility index (Phi) is 15.5. The Balaban J connectivity index is 0.916. The number of aldehydes is 1. The third-order valence-electron chi connectivity index (χ3n) is 11.1. The summed E-state index contributed by atoms with van der Waals surface area (Å²) >= 11 is 2.98. The maximum atomic E-state index is 13.9. The molecule has 0 radical (unpaired) electrons. The Morgan fingerprint density at radius 3 is 2.34 bits per heavy atom. The number of phenolic OH excluding ortho intramolecular Hbond substituents is 1. The van der Waals surface area contributed by atoms with Gasteiger partial charge in [-0.15, -0.1) is 22.7 Å². The number of hydrogen-bond acceptors (Lipinski definition) is 11. The van der Waals surface area contributed by atoms with E-state index in [9.17, 15) is 24.6 Å². The van der Waals surface area contributed by atoms with Gasteiger partial charge in [-0.2, -0.15) is 0 Å². The first-order chi connectivity index (χ1) is 30.3. The van der Waals surface area contributed by atoms with Crippen molar-refractivity contribution < 1.29 is 29.3 Å². The number of thiophene rings is 2. The van der Waals surface area contributed by atoms with E-state index in [0.717, 1.165) is 63.8 Å². The summed E-state index contributed by atoms with van der Waals surface area (Å²) in [5, 5.41) is 30.4. The van der Waals surface area contributed by atoms with Crippen molar-refractivity contribution in [1.29, 1.82) is 0 Å². The summed E-state index contributed by atoms with van der Waals surface area (Å²) in [6.07, 6.45) is 4.59. The number of carbonyl (C=O) groups excluding carboxylic acids is 3. The number of piperidine rings is 1. The highest BCUT2D eigenvalue weighted by molar-refractivity contribution is 7.15. The number of esters is 1. The average Bonchev–Trinajstić information content (AvgIpc) is 3.99. The van der Waals surface area contributed by atoms with Crippen molar-refractivity contribution in [2.75, 3.05) is 38.6 Å². The lowest BCUT2D eigenvalue weighted by Crippen LogP contribution is -2.35. The largest absolute Gasteiger partial charge is 0.506 e. The van der Waals surface area contributed by atoms with Crippen molar-refractivity contribution in [3.8, 4) is 16.2 Å². The fraction of sp³-hybridized carbons (Fsp3) is 0.260. The zero-order valence-electron chi connectivity index (χ0n) is 34.7. The first kappa shape index (κ1) is 44.2. The first-order valence-electron chi connectivity index (χ1n) is 20.9. The number of ether oxygens (including phenoxy) is 1. The summed E-state index contributed by atoms with van der Waals surface area (Å²) in [7, 11) is 1.66. The molecule has 2 aromatic heterocycles. The minimum atomic E-state index is -0.911. The van der Waals surface area contributed by atoms with Crippen LogP contribution < -0.4 is 16.0 Å². The molecule has 0 spiro atoms. The lowest BCUT2D eigenvalue weighted by atomic mass is 9.90. The molecule has 0 bridgehead atoms. The molecule has 2 atom stereocenters. The fourth-order valence-electron chi connectivity index (χ4n) is 7.83. The maximum absolute atomic E-state index is 13.9. The molecule has 6 aromatic rings. The summed E-state index contributed by atoms with van der Waals surface area (Å²) < 4.78 is 6.09. The van der Waals surface area contributed by atoms with Crippen LogP contribution in [0.4, 0.5) is 5.69 Å². The van der Waals surface area contributed by atoms with E-state index in [1.165, 1.54) is 29.0 Å². The number of anilines is 1. The number of allylic oxidation sites excluding steroid dienone is 1. The van der Waals surface area contributed by atoms with E-state index in [2.05, 4.69) is 51.2 Å². The lowest BCUT2D eigenvalue weighted by Gasteiger charge is -2.32. The number of phenols is 1. The highest BCUT2D eigenvalue weighted by Gasteiger charge is 2.27. The first-order valence-corrected chi connectivity index (χ1v) is 22.5. The SMILES string of the molecule is CNc1c(O)ccc([C@@H](O)CNCc2ccc(C(=O)NCc3ccc(-c4cccc(C(C(=O)OCC5CCN(Cc6ccccc6)CC5)c5ccccc5)c4)s3)s2)c1/C=C\C=O. The molecule has 10 nitrogen and oxygen atoms in total. The molecule has 1 amide bonds. The normalized spacial score (nSPS) is 14.4. The van der Waals surface area contributed by atoms with E-state index in [-0.39, 0.29) is 24.2 Å². The second kappa shape index (κ2) is 21.8. The van der Waals surface area contributed by atoms with Crippen molar-refractivity contribution >= 4 is 52.6 Å². The molecule has 3 heterocycles. The number of nitrogens with one attached hydrogen (secondary N) is 3. The molecule has 4 aromatic carbocycles. The molecular formula is C50H52N4O6S2. The molecule has 1 saturated heterocycles. The van der Waals surface area contributed by atoms with Crippen LogP contribution >= 0.6 is 22.7 Å². The number of hydrogen-bond donors (Lipinski definition) is 5. The Hall–Kier alpha value is -5.89.